The van der Waals surface area contributed by atoms with Gasteiger partial charge in [0, 0.05) is 42.4 Å². The number of amides is 1. The van der Waals surface area contributed by atoms with Crippen LogP contribution in [0.25, 0.3) is 11.5 Å². The molecular formula is C17H22N4O2. The van der Waals surface area contributed by atoms with Gasteiger partial charge in [0.2, 0.25) is 5.91 Å². The van der Waals surface area contributed by atoms with E-state index in [1.54, 1.807) is 12.4 Å². The zero-order valence-electron chi connectivity index (χ0n) is 13.8. The number of nitrogens with zero attached hydrogens (tertiary/aromatic N) is 4. The Morgan fingerprint density at radius 1 is 1.35 bits per heavy atom. The van der Waals surface area contributed by atoms with Crippen LogP contribution in [-0.4, -0.2) is 39.0 Å². The Bertz CT molecular complexity index is 683. The molecule has 1 saturated heterocycles. The van der Waals surface area contributed by atoms with Gasteiger partial charge < -0.3 is 9.42 Å². The van der Waals surface area contributed by atoms with E-state index in [4.69, 9.17) is 4.52 Å². The summed E-state index contributed by atoms with van der Waals surface area (Å²) in [5, 5.41) is 4.18. The zero-order valence-corrected chi connectivity index (χ0v) is 13.8. The lowest BCUT2D eigenvalue weighted by Crippen LogP contribution is -2.48. The molecule has 1 amide bonds. The van der Waals surface area contributed by atoms with Crippen molar-refractivity contribution in [3.05, 3.63) is 30.4 Å². The maximum Gasteiger partial charge on any atom is 0.258 e. The van der Waals surface area contributed by atoms with Gasteiger partial charge in [-0.3, -0.25) is 9.78 Å². The minimum absolute atomic E-state index is 0.00926. The van der Waals surface area contributed by atoms with Gasteiger partial charge in [-0.05, 0) is 25.0 Å². The van der Waals surface area contributed by atoms with E-state index in [0.29, 0.717) is 18.3 Å². The van der Waals surface area contributed by atoms with E-state index in [-0.39, 0.29) is 17.2 Å². The number of aromatic nitrogens is 3. The molecule has 1 fully saturated rings. The van der Waals surface area contributed by atoms with E-state index < -0.39 is 0 Å². The van der Waals surface area contributed by atoms with E-state index in [9.17, 15) is 4.79 Å². The Hall–Kier alpha value is -2.24. The third-order valence-corrected chi connectivity index (χ3v) is 4.40. The van der Waals surface area contributed by atoms with Crippen LogP contribution in [0.4, 0.5) is 0 Å². The van der Waals surface area contributed by atoms with Gasteiger partial charge in [0.1, 0.15) is 0 Å². The molecule has 0 saturated carbocycles. The van der Waals surface area contributed by atoms with Gasteiger partial charge in [-0.25, -0.2) is 0 Å². The number of rotatable bonds is 3. The number of likely N-dealkylation sites (tertiary alicyclic amines) is 1. The Morgan fingerprint density at radius 2 is 2.09 bits per heavy atom. The van der Waals surface area contributed by atoms with Crippen LogP contribution in [0.3, 0.4) is 0 Å². The lowest BCUT2D eigenvalue weighted by atomic mass is 9.81. The first kappa shape index (κ1) is 15.6. The summed E-state index contributed by atoms with van der Waals surface area (Å²) in [4.78, 5) is 22.8. The molecule has 0 bridgehead atoms. The molecule has 1 aliphatic heterocycles. The summed E-state index contributed by atoms with van der Waals surface area (Å²) in [5.74, 6) is 1.37. The highest BCUT2D eigenvalue weighted by atomic mass is 16.5. The smallest absolute Gasteiger partial charge is 0.258 e. The molecule has 0 aliphatic carbocycles. The maximum atomic E-state index is 12.3. The topological polar surface area (TPSA) is 72.1 Å². The van der Waals surface area contributed by atoms with Crippen LogP contribution < -0.4 is 0 Å². The van der Waals surface area contributed by atoms with E-state index in [1.165, 1.54) is 0 Å². The van der Waals surface area contributed by atoms with Gasteiger partial charge in [0.25, 0.3) is 5.89 Å². The number of pyridine rings is 1. The Kier molecular flexibility index (Phi) is 4.15. The van der Waals surface area contributed by atoms with Crippen LogP contribution in [0.5, 0.6) is 0 Å². The number of piperidine rings is 1. The van der Waals surface area contributed by atoms with Gasteiger partial charge in [0.15, 0.2) is 5.82 Å². The summed E-state index contributed by atoms with van der Waals surface area (Å²) >= 11 is 0. The Balaban J connectivity index is 1.83. The van der Waals surface area contributed by atoms with Gasteiger partial charge in [-0.1, -0.05) is 25.9 Å². The summed E-state index contributed by atoms with van der Waals surface area (Å²) < 4.78 is 5.42. The lowest BCUT2D eigenvalue weighted by molar-refractivity contribution is -0.136. The van der Waals surface area contributed by atoms with Crippen molar-refractivity contribution < 1.29 is 9.32 Å². The average molecular weight is 314 g/mol. The van der Waals surface area contributed by atoms with E-state index in [0.717, 1.165) is 24.9 Å². The minimum atomic E-state index is -0.266. The summed E-state index contributed by atoms with van der Waals surface area (Å²) in [6.07, 6.45) is 5.30. The van der Waals surface area contributed by atoms with Crippen LogP contribution in [0.15, 0.2) is 29.0 Å². The fraction of sp³-hybridized carbons (Fsp3) is 0.529. The van der Waals surface area contributed by atoms with E-state index in [1.807, 2.05) is 30.9 Å². The van der Waals surface area contributed by atoms with Crippen molar-refractivity contribution in [1.82, 2.24) is 20.0 Å². The van der Waals surface area contributed by atoms with Crippen LogP contribution in [0.1, 0.15) is 39.4 Å². The SMILES string of the molecule is CC(C)C(=O)N1CCCC(C)(c2noc(-c3ccncc3)n2)C1. The number of hydrogen-bond donors (Lipinski definition) is 0. The molecule has 0 radical (unpaired) electrons. The standard InChI is InChI=1S/C17H22N4O2/c1-12(2)15(22)21-10-4-7-17(3,11-21)16-19-14(23-20-16)13-5-8-18-9-6-13/h5-6,8-9,12H,4,7,10-11H2,1-3H3. The summed E-state index contributed by atoms with van der Waals surface area (Å²) in [7, 11) is 0. The predicted molar refractivity (Wildman–Crippen MR) is 85.5 cm³/mol. The molecule has 0 aromatic carbocycles. The zero-order chi connectivity index (χ0) is 16.4. The number of carbonyl (C=O) groups excluding carboxylic acids is 1. The first-order valence-electron chi connectivity index (χ1n) is 8.03. The molecular weight excluding hydrogens is 292 g/mol. The molecule has 1 unspecified atom stereocenters. The largest absolute Gasteiger partial charge is 0.341 e. The van der Waals surface area contributed by atoms with Gasteiger partial charge in [-0.2, -0.15) is 4.98 Å². The summed E-state index contributed by atoms with van der Waals surface area (Å²) in [6.45, 7) is 7.42. The molecule has 6 heteroatoms. The molecule has 122 valence electrons. The molecule has 0 spiro atoms. The Labute approximate surface area is 135 Å². The predicted octanol–water partition coefficient (Wildman–Crippen LogP) is 2.67. The normalized spacial score (nSPS) is 21.7. The quantitative estimate of drug-likeness (QED) is 0.871. The molecule has 23 heavy (non-hydrogen) atoms. The third-order valence-electron chi connectivity index (χ3n) is 4.40. The molecule has 2 aromatic rings. The van der Waals surface area contributed by atoms with Crippen molar-refractivity contribution in [2.75, 3.05) is 13.1 Å². The van der Waals surface area contributed by atoms with Crippen LogP contribution in [0.2, 0.25) is 0 Å². The van der Waals surface area contributed by atoms with E-state index >= 15 is 0 Å². The molecule has 0 N–H and O–H groups in total. The number of carbonyl (C=O) groups is 1. The van der Waals surface area contributed by atoms with Crippen LogP contribution in [-0.2, 0) is 10.2 Å². The van der Waals surface area contributed by atoms with Crippen molar-refractivity contribution in [2.24, 2.45) is 5.92 Å². The second-order valence-corrected chi connectivity index (χ2v) is 6.74. The van der Waals surface area contributed by atoms with Crippen LogP contribution >= 0.6 is 0 Å². The molecule has 1 aliphatic rings. The van der Waals surface area contributed by atoms with Crippen molar-refractivity contribution in [3.8, 4) is 11.5 Å². The van der Waals surface area contributed by atoms with Crippen LogP contribution in [0, 0.1) is 5.92 Å². The van der Waals surface area contributed by atoms with Gasteiger partial charge in [0.05, 0.1) is 0 Å². The molecule has 3 heterocycles. The monoisotopic (exact) mass is 314 g/mol. The first-order chi connectivity index (χ1) is 11.0. The van der Waals surface area contributed by atoms with Crippen molar-refractivity contribution in [3.63, 3.8) is 0 Å². The highest BCUT2D eigenvalue weighted by Gasteiger charge is 2.38. The Morgan fingerprint density at radius 3 is 2.78 bits per heavy atom. The third kappa shape index (κ3) is 3.11. The molecule has 6 nitrogen and oxygen atoms in total. The summed E-state index contributed by atoms with van der Waals surface area (Å²) in [6, 6.07) is 3.68. The molecule has 2 aromatic heterocycles. The number of hydrogen-bond acceptors (Lipinski definition) is 5. The van der Waals surface area contributed by atoms with Crippen molar-refractivity contribution in [2.45, 2.75) is 39.0 Å². The van der Waals surface area contributed by atoms with Gasteiger partial charge >= 0.3 is 0 Å². The lowest BCUT2D eigenvalue weighted by Gasteiger charge is -2.39. The maximum absolute atomic E-state index is 12.3. The highest BCUT2D eigenvalue weighted by molar-refractivity contribution is 5.78. The molecule has 3 rings (SSSR count). The highest BCUT2D eigenvalue weighted by Crippen LogP contribution is 2.33. The molecule has 1 atom stereocenters. The fourth-order valence-corrected chi connectivity index (χ4v) is 3.06. The van der Waals surface area contributed by atoms with Gasteiger partial charge in [-0.15, -0.1) is 0 Å². The summed E-state index contributed by atoms with van der Waals surface area (Å²) in [5.41, 5.74) is 0.589. The fourth-order valence-electron chi connectivity index (χ4n) is 3.06. The van der Waals surface area contributed by atoms with Crippen molar-refractivity contribution in [1.29, 1.82) is 0 Å². The van der Waals surface area contributed by atoms with Crippen molar-refractivity contribution >= 4 is 5.91 Å². The first-order valence-corrected chi connectivity index (χ1v) is 8.03. The second kappa shape index (κ2) is 6.10. The minimum Gasteiger partial charge on any atom is -0.341 e. The average Bonchev–Trinajstić information content (AvgIpc) is 3.06. The van der Waals surface area contributed by atoms with E-state index in [2.05, 4.69) is 22.0 Å². The second-order valence-electron chi connectivity index (χ2n) is 6.74.